The van der Waals surface area contributed by atoms with Crippen LogP contribution in [0, 0.1) is 5.41 Å². The van der Waals surface area contributed by atoms with Crippen LogP contribution in [0.5, 0.6) is 0 Å². The lowest BCUT2D eigenvalue weighted by molar-refractivity contribution is -0.148. The third kappa shape index (κ3) is 2.37. The summed E-state index contributed by atoms with van der Waals surface area (Å²) in [7, 11) is 0. The van der Waals surface area contributed by atoms with Gasteiger partial charge >= 0.3 is 5.97 Å². The van der Waals surface area contributed by atoms with Crippen LogP contribution in [0.3, 0.4) is 0 Å². The molecular weight excluding hydrogens is 279 g/mol. The molecule has 7 heteroatoms. The first-order chi connectivity index (χ1) is 8.45. The molecule has 1 saturated carbocycles. The molecule has 1 fully saturated rings. The number of nitrogens with one attached hydrogen (secondary N) is 2. The number of hydrazine groups is 1. The molecule has 0 spiro atoms. The summed E-state index contributed by atoms with van der Waals surface area (Å²) in [6, 6.07) is 4.72. The van der Waals surface area contributed by atoms with E-state index in [0.29, 0.717) is 28.6 Å². The second-order valence-electron chi connectivity index (χ2n) is 4.10. The van der Waals surface area contributed by atoms with Crippen LogP contribution >= 0.6 is 23.2 Å². The fourth-order valence-corrected chi connectivity index (χ4v) is 1.78. The molecule has 0 saturated heterocycles. The molecule has 5 nitrogen and oxygen atoms in total. The highest BCUT2D eigenvalue weighted by atomic mass is 35.5. The van der Waals surface area contributed by atoms with Crippen molar-refractivity contribution >= 4 is 40.8 Å². The summed E-state index contributed by atoms with van der Waals surface area (Å²) in [6.45, 7) is 0. The fourth-order valence-electron chi connectivity index (χ4n) is 1.49. The first-order valence-corrected chi connectivity index (χ1v) is 5.96. The van der Waals surface area contributed by atoms with Crippen molar-refractivity contribution in [2.24, 2.45) is 5.41 Å². The summed E-state index contributed by atoms with van der Waals surface area (Å²) in [5.41, 5.74) is 4.22. The van der Waals surface area contributed by atoms with Crippen LogP contribution in [0.25, 0.3) is 0 Å². The zero-order valence-electron chi connectivity index (χ0n) is 9.17. The fraction of sp³-hybridized carbons (Fsp3) is 0.273. The molecule has 0 bridgehead atoms. The zero-order chi connectivity index (χ0) is 13.3. The van der Waals surface area contributed by atoms with Crippen molar-refractivity contribution in [3.05, 3.63) is 28.2 Å². The quantitative estimate of drug-likeness (QED) is 0.587. The van der Waals surface area contributed by atoms with Crippen LogP contribution < -0.4 is 10.9 Å². The van der Waals surface area contributed by atoms with E-state index in [2.05, 4.69) is 10.9 Å². The summed E-state index contributed by atoms with van der Waals surface area (Å²) < 4.78 is 0. The lowest BCUT2D eigenvalue weighted by Crippen LogP contribution is -2.40. The average molecular weight is 289 g/mol. The van der Waals surface area contributed by atoms with Crippen LogP contribution in [-0.4, -0.2) is 17.0 Å². The number of anilines is 1. The number of benzene rings is 1. The Bertz CT molecular complexity index is 515. The number of carbonyl (C=O) groups is 2. The first-order valence-electron chi connectivity index (χ1n) is 5.20. The van der Waals surface area contributed by atoms with Crippen molar-refractivity contribution in [2.45, 2.75) is 12.8 Å². The highest BCUT2D eigenvalue weighted by Gasteiger charge is 2.57. The summed E-state index contributed by atoms with van der Waals surface area (Å²) in [4.78, 5) is 22.6. The van der Waals surface area contributed by atoms with Gasteiger partial charge in [0.25, 0.3) is 5.91 Å². The van der Waals surface area contributed by atoms with Crippen LogP contribution in [0.4, 0.5) is 5.69 Å². The Morgan fingerprint density at radius 1 is 1.22 bits per heavy atom. The summed E-state index contributed by atoms with van der Waals surface area (Å²) in [5.74, 6) is -1.66. The molecule has 1 aromatic rings. The Hall–Kier alpha value is -1.46. The van der Waals surface area contributed by atoms with E-state index in [1.807, 2.05) is 0 Å². The number of hydrogen-bond donors (Lipinski definition) is 3. The van der Waals surface area contributed by atoms with Gasteiger partial charge in [0.2, 0.25) is 0 Å². The summed E-state index contributed by atoms with van der Waals surface area (Å²) in [6.07, 6.45) is 0.717. The van der Waals surface area contributed by atoms with E-state index < -0.39 is 17.3 Å². The van der Waals surface area contributed by atoms with Crippen LogP contribution in [-0.2, 0) is 9.59 Å². The molecule has 1 aliphatic carbocycles. The molecule has 0 heterocycles. The van der Waals surface area contributed by atoms with Crippen molar-refractivity contribution in [1.29, 1.82) is 0 Å². The van der Waals surface area contributed by atoms with Crippen LogP contribution in [0.1, 0.15) is 12.8 Å². The molecule has 18 heavy (non-hydrogen) atoms. The molecule has 3 N–H and O–H groups in total. The smallest absolute Gasteiger partial charge is 0.319 e. The van der Waals surface area contributed by atoms with Gasteiger partial charge in [0.1, 0.15) is 5.41 Å². The third-order valence-corrected chi connectivity index (χ3v) is 3.57. The summed E-state index contributed by atoms with van der Waals surface area (Å²) in [5, 5.41) is 9.67. The van der Waals surface area contributed by atoms with Crippen LogP contribution in [0.2, 0.25) is 10.0 Å². The molecule has 1 aliphatic rings. The summed E-state index contributed by atoms with van der Waals surface area (Å²) >= 11 is 11.5. The number of rotatable bonds is 4. The van der Waals surface area contributed by atoms with Crippen molar-refractivity contribution in [3.63, 3.8) is 0 Å². The van der Waals surface area contributed by atoms with Crippen molar-refractivity contribution in [1.82, 2.24) is 5.43 Å². The molecule has 96 valence electrons. The minimum absolute atomic E-state index is 0.343. The lowest BCUT2D eigenvalue weighted by atomic mass is 10.1. The number of hydrogen-bond acceptors (Lipinski definition) is 3. The van der Waals surface area contributed by atoms with Gasteiger partial charge in [0.15, 0.2) is 0 Å². The Morgan fingerprint density at radius 2 is 1.89 bits per heavy atom. The SMILES string of the molecule is O=C(O)C1(C(=O)NNc2ccc(Cl)c(Cl)c2)CC1. The van der Waals surface area contributed by atoms with E-state index >= 15 is 0 Å². The normalized spacial score (nSPS) is 15.9. The van der Waals surface area contributed by atoms with E-state index in [0.717, 1.165) is 0 Å². The number of halogens is 2. The van der Waals surface area contributed by atoms with Gasteiger partial charge in [-0.05, 0) is 31.0 Å². The van der Waals surface area contributed by atoms with E-state index in [1.54, 1.807) is 12.1 Å². The molecule has 0 radical (unpaired) electrons. The number of carbonyl (C=O) groups excluding carboxylic acids is 1. The standard InChI is InChI=1S/C11H10Cl2N2O3/c12-7-2-1-6(5-8(7)13)14-15-9(16)11(3-4-11)10(17)18/h1-2,5,14H,3-4H2,(H,15,16)(H,17,18). The average Bonchev–Trinajstić information content (AvgIpc) is 3.11. The molecule has 1 amide bonds. The molecule has 0 atom stereocenters. The van der Waals surface area contributed by atoms with Gasteiger partial charge in [-0.1, -0.05) is 23.2 Å². The minimum atomic E-state index is -1.27. The monoisotopic (exact) mass is 288 g/mol. The van der Waals surface area contributed by atoms with Gasteiger partial charge in [0.05, 0.1) is 15.7 Å². The van der Waals surface area contributed by atoms with Crippen LogP contribution in [0.15, 0.2) is 18.2 Å². The van der Waals surface area contributed by atoms with E-state index in [4.69, 9.17) is 28.3 Å². The second-order valence-corrected chi connectivity index (χ2v) is 4.91. The van der Waals surface area contributed by atoms with Gasteiger partial charge < -0.3 is 5.11 Å². The van der Waals surface area contributed by atoms with Crippen molar-refractivity contribution in [2.75, 3.05) is 5.43 Å². The molecule has 1 aromatic carbocycles. The predicted molar refractivity (Wildman–Crippen MR) is 67.5 cm³/mol. The minimum Gasteiger partial charge on any atom is -0.480 e. The maximum atomic E-state index is 11.7. The predicted octanol–water partition coefficient (Wildman–Crippen LogP) is 2.30. The van der Waals surface area contributed by atoms with Crippen molar-refractivity contribution in [3.8, 4) is 0 Å². The molecule has 2 rings (SSSR count). The Balaban J connectivity index is 1.98. The van der Waals surface area contributed by atoms with Gasteiger partial charge in [-0.3, -0.25) is 20.4 Å². The van der Waals surface area contributed by atoms with Gasteiger partial charge in [0, 0.05) is 0 Å². The largest absolute Gasteiger partial charge is 0.480 e. The molecular formula is C11H10Cl2N2O3. The highest BCUT2D eigenvalue weighted by Crippen LogP contribution is 2.46. The van der Waals surface area contributed by atoms with Gasteiger partial charge in [-0.25, -0.2) is 0 Å². The Kier molecular flexibility index (Phi) is 3.36. The number of carboxylic acid groups (broad SMARTS) is 1. The van der Waals surface area contributed by atoms with E-state index in [-0.39, 0.29) is 0 Å². The molecule has 0 aromatic heterocycles. The van der Waals surface area contributed by atoms with Gasteiger partial charge in [-0.15, -0.1) is 0 Å². The maximum Gasteiger partial charge on any atom is 0.319 e. The second kappa shape index (κ2) is 4.66. The number of amides is 1. The number of carboxylic acids is 1. The third-order valence-electron chi connectivity index (χ3n) is 2.83. The topological polar surface area (TPSA) is 78.4 Å². The molecule has 0 unspecified atom stereocenters. The Labute approximate surface area is 113 Å². The van der Waals surface area contributed by atoms with Crippen molar-refractivity contribution < 1.29 is 14.7 Å². The molecule has 0 aliphatic heterocycles. The lowest BCUT2D eigenvalue weighted by Gasteiger charge is -2.13. The maximum absolute atomic E-state index is 11.7. The number of aliphatic carboxylic acids is 1. The van der Waals surface area contributed by atoms with E-state index in [9.17, 15) is 9.59 Å². The van der Waals surface area contributed by atoms with Gasteiger partial charge in [-0.2, -0.15) is 0 Å². The highest BCUT2D eigenvalue weighted by molar-refractivity contribution is 6.42. The van der Waals surface area contributed by atoms with E-state index in [1.165, 1.54) is 6.07 Å². The Morgan fingerprint density at radius 3 is 2.39 bits per heavy atom. The first kappa shape index (κ1) is 13.0. The zero-order valence-corrected chi connectivity index (χ0v) is 10.7.